The molecule has 1 atom stereocenters. The molecule has 0 aromatic heterocycles. The molecule has 1 aliphatic heterocycles. The van der Waals surface area contributed by atoms with Crippen LogP contribution in [-0.2, 0) is 17.8 Å². The fraction of sp³-hybridized carbons (Fsp3) is 0.517. The number of allylic oxidation sites excluding steroid dienone is 1. The summed E-state index contributed by atoms with van der Waals surface area (Å²) in [5.74, 6) is 0.746. The molecule has 186 valence electrons. The molecule has 1 unspecified atom stereocenters. The van der Waals surface area contributed by atoms with E-state index in [4.69, 9.17) is 9.47 Å². The van der Waals surface area contributed by atoms with Crippen molar-refractivity contribution in [1.82, 2.24) is 10.2 Å². The van der Waals surface area contributed by atoms with Crippen LogP contribution in [0.5, 0.6) is 5.75 Å². The molecule has 3 rings (SSSR count). The SMILES string of the molecule is C/C=C(/COCc1ccc(F)cc1)NCCCc1ccc(OC2CCN(C(C)(C)CC)C2)cc1. The van der Waals surface area contributed by atoms with E-state index in [-0.39, 0.29) is 17.5 Å². The molecule has 34 heavy (non-hydrogen) atoms. The molecule has 0 amide bonds. The van der Waals surface area contributed by atoms with Gasteiger partial charge < -0.3 is 14.8 Å². The van der Waals surface area contributed by atoms with Crippen LogP contribution in [0.4, 0.5) is 4.39 Å². The predicted octanol–water partition coefficient (Wildman–Crippen LogP) is 6.11. The number of rotatable bonds is 13. The summed E-state index contributed by atoms with van der Waals surface area (Å²) in [5, 5.41) is 3.46. The predicted molar refractivity (Wildman–Crippen MR) is 138 cm³/mol. The van der Waals surface area contributed by atoms with E-state index >= 15 is 0 Å². The van der Waals surface area contributed by atoms with Crippen molar-refractivity contribution in [3.05, 3.63) is 77.2 Å². The van der Waals surface area contributed by atoms with E-state index in [1.807, 2.05) is 13.0 Å². The Hall–Kier alpha value is -2.37. The summed E-state index contributed by atoms with van der Waals surface area (Å²) < 4.78 is 25.0. The molecule has 1 heterocycles. The maximum absolute atomic E-state index is 13.0. The van der Waals surface area contributed by atoms with E-state index in [0.717, 1.165) is 62.3 Å². The highest BCUT2D eigenvalue weighted by atomic mass is 19.1. The first-order chi connectivity index (χ1) is 16.4. The lowest BCUT2D eigenvalue weighted by Gasteiger charge is -2.34. The fourth-order valence-electron chi connectivity index (χ4n) is 4.16. The number of likely N-dealkylation sites (tertiary alicyclic amines) is 1. The van der Waals surface area contributed by atoms with Crippen LogP contribution in [0.3, 0.4) is 0 Å². The molecule has 0 bridgehead atoms. The Balaban J connectivity index is 1.32. The molecule has 0 aliphatic carbocycles. The highest BCUT2D eigenvalue weighted by Gasteiger charge is 2.33. The van der Waals surface area contributed by atoms with Gasteiger partial charge in [-0.15, -0.1) is 0 Å². The summed E-state index contributed by atoms with van der Waals surface area (Å²) in [6, 6.07) is 15.0. The summed E-state index contributed by atoms with van der Waals surface area (Å²) in [6.45, 7) is 12.9. The van der Waals surface area contributed by atoms with Crippen LogP contribution in [0.2, 0.25) is 0 Å². The van der Waals surface area contributed by atoms with Gasteiger partial charge in [0.2, 0.25) is 0 Å². The molecule has 0 saturated carbocycles. The van der Waals surface area contributed by atoms with E-state index in [2.05, 4.69) is 55.3 Å². The molecule has 1 fully saturated rings. The summed E-state index contributed by atoms with van der Waals surface area (Å²) in [6.07, 6.45) is 6.63. The zero-order valence-corrected chi connectivity index (χ0v) is 21.3. The molecule has 2 aromatic rings. The molecule has 4 nitrogen and oxygen atoms in total. The van der Waals surface area contributed by atoms with Crippen LogP contribution in [0.1, 0.15) is 58.1 Å². The number of nitrogens with one attached hydrogen (secondary N) is 1. The van der Waals surface area contributed by atoms with Crippen LogP contribution < -0.4 is 10.1 Å². The Morgan fingerprint density at radius 3 is 2.50 bits per heavy atom. The van der Waals surface area contributed by atoms with Crippen molar-refractivity contribution in [1.29, 1.82) is 0 Å². The van der Waals surface area contributed by atoms with E-state index in [0.29, 0.717) is 13.2 Å². The van der Waals surface area contributed by atoms with Gasteiger partial charge >= 0.3 is 0 Å². The average Bonchev–Trinajstić information content (AvgIpc) is 3.32. The number of aryl methyl sites for hydroxylation is 1. The molecular weight excluding hydrogens is 427 g/mol. The third kappa shape index (κ3) is 8.14. The first-order valence-electron chi connectivity index (χ1n) is 12.6. The minimum absolute atomic E-state index is 0.224. The van der Waals surface area contributed by atoms with Crippen molar-refractivity contribution in [2.75, 3.05) is 26.2 Å². The minimum Gasteiger partial charge on any atom is -0.489 e. The van der Waals surface area contributed by atoms with Gasteiger partial charge in [0.1, 0.15) is 17.7 Å². The van der Waals surface area contributed by atoms with Crippen molar-refractivity contribution < 1.29 is 13.9 Å². The molecule has 0 spiro atoms. The third-order valence-corrected chi connectivity index (χ3v) is 6.87. The fourth-order valence-corrected chi connectivity index (χ4v) is 4.16. The Morgan fingerprint density at radius 2 is 1.82 bits per heavy atom. The zero-order chi connectivity index (χ0) is 24.4. The second-order valence-corrected chi connectivity index (χ2v) is 9.75. The lowest BCUT2D eigenvalue weighted by atomic mass is 10.0. The second-order valence-electron chi connectivity index (χ2n) is 9.75. The van der Waals surface area contributed by atoms with Gasteiger partial charge in [-0.05, 0) is 81.8 Å². The number of hydrogen-bond donors (Lipinski definition) is 1. The number of hydrogen-bond acceptors (Lipinski definition) is 4. The maximum atomic E-state index is 13.0. The van der Waals surface area contributed by atoms with Crippen LogP contribution in [0.15, 0.2) is 60.3 Å². The summed E-state index contributed by atoms with van der Waals surface area (Å²) in [5.41, 5.74) is 3.61. The van der Waals surface area contributed by atoms with Gasteiger partial charge in [0.05, 0.1) is 13.2 Å². The third-order valence-electron chi connectivity index (χ3n) is 6.87. The Labute approximate surface area is 205 Å². The lowest BCUT2D eigenvalue weighted by molar-refractivity contribution is 0.124. The summed E-state index contributed by atoms with van der Waals surface area (Å²) >= 11 is 0. The van der Waals surface area contributed by atoms with Crippen LogP contribution in [0, 0.1) is 5.82 Å². The molecule has 2 aromatic carbocycles. The van der Waals surface area contributed by atoms with Gasteiger partial charge in [-0.25, -0.2) is 4.39 Å². The van der Waals surface area contributed by atoms with Crippen molar-refractivity contribution in [2.24, 2.45) is 0 Å². The number of benzene rings is 2. The molecule has 1 N–H and O–H groups in total. The van der Waals surface area contributed by atoms with Gasteiger partial charge in [-0.1, -0.05) is 37.3 Å². The molecule has 0 radical (unpaired) electrons. The van der Waals surface area contributed by atoms with Gasteiger partial charge in [-0.2, -0.15) is 0 Å². The second kappa shape index (κ2) is 12.9. The number of ether oxygens (including phenoxy) is 2. The smallest absolute Gasteiger partial charge is 0.123 e. The quantitative estimate of drug-likeness (QED) is 0.360. The zero-order valence-electron chi connectivity index (χ0n) is 21.3. The van der Waals surface area contributed by atoms with E-state index in [1.165, 1.54) is 17.7 Å². The van der Waals surface area contributed by atoms with E-state index in [1.54, 1.807) is 12.1 Å². The molecule has 1 aliphatic rings. The largest absolute Gasteiger partial charge is 0.489 e. The van der Waals surface area contributed by atoms with Crippen molar-refractivity contribution >= 4 is 0 Å². The van der Waals surface area contributed by atoms with Gasteiger partial charge in [0.25, 0.3) is 0 Å². The normalized spacial score (nSPS) is 17.2. The standard InChI is InChI=1S/C29H41FN2O2/c1-5-26(22-33-21-24-9-13-25(30)14-10-24)31-18-7-8-23-11-15-27(16-12-23)34-28-17-19-32(20-28)29(3,4)6-2/h5,9-16,28,31H,6-8,17-22H2,1-4H3/b26-5-. The maximum Gasteiger partial charge on any atom is 0.123 e. The highest BCUT2D eigenvalue weighted by Crippen LogP contribution is 2.26. The summed E-state index contributed by atoms with van der Waals surface area (Å²) in [7, 11) is 0. The minimum atomic E-state index is -0.224. The molecule has 5 heteroatoms. The van der Waals surface area contributed by atoms with Gasteiger partial charge in [0, 0.05) is 30.9 Å². The van der Waals surface area contributed by atoms with Crippen LogP contribution in [0.25, 0.3) is 0 Å². The van der Waals surface area contributed by atoms with Crippen LogP contribution >= 0.6 is 0 Å². The summed E-state index contributed by atoms with van der Waals surface area (Å²) in [4.78, 5) is 2.55. The Morgan fingerprint density at radius 1 is 1.12 bits per heavy atom. The van der Waals surface area contributed by atoms with Crippen LogP contribution in [-0.4, -0.2) is 42.8 Å². The Bertz CT molecular complexity index is 893. The topological polar surface area (TPSA) is 33.7 Å². The van der Waals surface area contributed by atoms with Crippen molar-refractivity contribution in [3.63, 3.8) is 0 Å². The number of halogens is 1. The average molecular weight is 469 g/mol. The monoisotopic (exact) mass is 468 g/mol. The number of nitrogens with zero attached hydrogens (tertiary/aromatic N) is 1. The van der Waals surface area contributed by atoms with Gasteiger partial charge in [-0.3, -0.25) is 4.90 Å². The molecular formula is C29H41FN2O2. The molecule has 1 saturated heterocycles. The van der Waals surface area contributed by atoms with Crippen molar-refractivity contribution in [2.45, 2.75) is 71.6 Å². The lowest BCUT2D eigenvalue weighted by Crippen LogP contribution is -2.42. The first-order valence-corrected chi connectivity index (χ1v) is 12.6. The van der Waals surface area contributed by atoms with E-state index < -0.39 is 0 Å². The Kier molecular flexibility index (Phi) is 9.97. The van der Waals surface area contributed by atoms with Crippen molar-refractivity contribution in [3.8, 4) is 5.75 Å². The van der Waals surface area contributed by atoms with E-state index in [9.17, 15) is 4.39 Å². The first kappa shape index (κ1) is 26.2. The highest BCUT2D eigenvalue weighted by molar-refractivity contribution is 5.27. The van der Waals surface area contributed by atoms with Gasteiger partial charge in [0.15, 0.2) is 0 Å².